The number of aromatic carboxylic acids is 1. The molecule has 0 atom stereocenters. The minimum atomic E-state index is -0.907. The first-order valence-corrected chi connectivity index (χ1v) is 7.45. The fourth-order valence-electron chi connectivity index (χ4n) is 2.78. The number of carbonyl (C=O) groups is 1. The molecule has 1 N–H and O–H groups in total. The largest absolute Gasteiger partial charge is 0.478 e. The predicted octanol–water partition coefficient (Wildman–Crippen LogP) is 3.60. The average molecular weight is 335 g/mol. The van der Waals surface area contributed by atoms with Gasteiger partial charge in [-0.05, 0) is 59.5 Å². The molecule has 1 aromatic carbocycles. The Kier molecular flexibility index (Phi) is 3.38. The molecule has 2 heterocycles. The van der Waals surface area contributed by atoms with Gasteiger partial charge in [-0.15, -0.1) is 0 Å². The van der Waals surface area contributed by atoms with Crippen molar-refractivity contribution >= 4 is 38.6 Å². The number of rotatable bonds is 2. The van der Waals surface area contributed by atoms with Gasteiger partial charge in [0.2, 0.25) is 0 Å². The Morgan fingerprint density at radius 1 is 1.35 bits per heavy atom. The van der Waals surface area contributed by atoms with Crippen molar-refractivity contribution in [2.24, 2.45) is 0 Å². The van der Waals surface area contributed by atoms with Crippen LogP contribution in [0, 0.1) is 6.92 Å². The van der Waals surface area contributed by atoms with Crippen LogP contribution in [-0.4, -0.2) is 29.1 Å². The van der Waals surface area contributed by atoms with Gasteiger partial charge in [-0.25, -0.2) is 9.78 Å². The first kappa shape index (κ1) is 13.4. The van der Waals surface area contributed by atoms with Gasteiger partial charge in [0.25, 0.3) is 0 Å². The highest BCUT2D eigenvalue weighted by atomic mass is 79.9. The molecular formula is C15H15BrN2O2. The summed E-state index contributed by atoms with van der Waals surface area (Å²) in [6.45, 7) is 3.85. The minimum absolute atomic E-state index is 0.337. The van der Waals surface area contributed by atoms with Gasteiger partial charge < -0.3 is 10.0 Å². The van der Waals surface area contributed by atoms with E-state index in [0.29, 0.717) is 10.9 Å². The summed E-state index contributed by atoms with van der Waals surface area (Å²) in [5.41, 5.74) is 1.80. The van der Waals surface area contributed by atoms with Gasteiger partial charge in [-0.1, -0.05) is 0 Å². The van der Waals surface area contributed by atoms with Gasteiger partial charge in [0.15, 0.2) is 0 Å². The maximum atomic E-state index is 11.4. The highest BCUT2D eigenvalue weighted by molar-refractivity contribution is 9.10. The maximum Gasteiger partial charge on any atom is 0.336 e. The van der Waals surface area contributed by atoms with Gasteiger partial charge in [-0.2, -0.15) is 0 Å². The zero-order valence-corrected chi connectivity index (χ0v) is 12.8. The monoisotopic (exact) mass is 334 g/mol. The molecule has 0 radical (unpaired) electrons. The number of nitrogens with zero attached hydrogens (tertiary/aromatic N) is 2. The van der Waals surface area contributed by atoms with Gasteiger partial charge in [0.1, 0.15) is 5.82 Å². The quantitative estimate of drug-likeness (QED) is 0.911. The first-order valence-electron chi connectivity index (χ1n) is 6.66. The highest BCUT2D eigenvalue weighted by Gasteiger charge is 2.18. The molecule has 0 saturated carbocycles. The van der Waals surface area contributed by atoms with Crippen molar-refractivity contribution in [3.8, 4) is 0 Å². The van der Waals surface area contributed by atoms with E-state index >= 15 is 0 Å². The van der Waals surface area contributed by atoms with Crippen LogP contribution in [-0.2, 0) is 0 Å². The van der Waals surface area contributed by atoms with Crippen molar-refractivity contribution in [1.82, 2.24) is 4.98 Å². The van der Waals surface area contributed by atoms with E-state index in [4.69, 9.17) is 0 Å². The Labute approximate surface area is 125 Å². The third-order valence-electron chi connectivity index (χ3n) is 3.76. The van der Waals surface area contributed by atoms with Gasteiger partial charge >= 0.3 is 5.97 Å². The molecule has 5 heteroatoms. The third kappa shape index (κ3) is 2.16. The van der Waals surface area contributed by atoms with Crippen LogP contribution in [0.25, 0.3) is 10.9 Å². The number of pyridine rings is 1. The van der Waals surface area contributed by atoms with Crippen molar-refractivity contribution in [3.05, 3.63) is 33.8 Å². The molecule has 4 nitrogen and oxygen atoms in total. The van der Waals surface area contributed by atoms with E-state index in [1.54, 1.807) is 0 Å². The first-order chi connectivity index (χ1) is 9.58. The molecule has 20 heavy (non-hydrogen) atoms. The molecule has 0 unspecified atom stereocenters. The molecule has 1 aromatic heterocycles. The second-order valence-electron chi connectivity index (χ2n) is 5.12. The lowest BCUT2D eigenvalue weighted by molar-refractivity contribution is 0.0698. The molecule has 1 fully saturated rings. The molecule has 0 amide bonds. The molecule has 1 aliphatic heterocycles. The Balaban J connectivity index is 2.21. The summed E-state index contributed by atoms with van der Waals surface area (Å²) in [4.78, 5) is 18.3. The van der Waals surface area contributed by atoms with Crippen LogP contribution in [0.2, 0.25) is 0 Å². The molecule has 3 rings (SSSR count). The lowest BCUT2D eigenvalue weighted by Crippen LogP contribution is -2.19. The number of carboxylic acid groups (broad SMARTS) is 1. The minimum Gasteiger partial charge on any atom is -0.478 e. The summed E-state index contributed by atoms with van der Waals surface area (Å²) in [6, 6.07) is 5.62. The number of hydrogen-bond acceptors (Lipinski definition) is 3. The van der Waals surface area contributed by atoms with E-state index in [0.717, 1.165) is 34.5 Å². The van der Waals surface area contributed by atoms with Crippen LogP contribution in [0.3, 0.4) is 0 Å². The van der Waals surface area contributed by atoms with Crippen LogP contribution < -0.4 is 4.90 Å². The predicted molar refractivity (Wildman–Crippen MR) is 82.6 cm³/mol. The summed E-state index contributed by atoms with van der Waals surface area (Å²) >= 11 is 3.50. The molecule has 0 spiro atoms. The smallest absolute Gasteiger partial charge is 0.336 e. The number of aromatic nitrogens is 1. The van der Waals surface area contributed by atoms with Crippen LogP contribution in [0.15, 0.2) is 22.7 Å². The van der Waals surface area contributed by atoms with Crippen molar-refractivity contribution in [2.45, 2.75) is 19.8 Å². The molecule has 2 aromatic rings. The fourth-order valence-corrected chi connectivity index (χ4v) is 3.43. The number of benzene rings is 1. The molecule has 104 valence electrons. The lowest BCUT2D eigenvalue weighted by Gasteiger charge is -2.17. The maximum absolute atomic E-state index is 11.4. The summed E-state index contributed by atoms with van der Waals surface area (Å²) < 4.78 is 0.844. The number of aryl methyl sites for hydroxylation is 1. The number of hydrogen-bond donors (Lipinski definition) is 1. The van der Waals surface area contributed by atoms with E-state index in [2.05, 4.69) is 25.8 Å². The van der Waals surface area contributed by atoms with E-state index in [-0.39, 0.29) is 0 Å². The Morgan fingerprint density at radius 3 is 2.70 bits per heavy atom. The van der Waals surface area contributed by atoms with E-state index in [1.807, 2.05) is 25.1 Å². The molecule has 0 aliphatic carbocycles. The van der Waals surface area contributed by atoms with E-state index < -0.39 is 5.97 Å². The Morgan fingerprint density at radius 2 is 2.05 bits per heavy atom. The molecular weight excluding hydrogens is 320 g/mol. The molecule has 1 aliphatic rings. The SMILES string of the molecule is Cc1cc(Br)c2nc(N3CCCC3)ccc2c1C(=O)O. The second kappa shape index (κ2) is 5.05. The highest BCUT2D eigenvalue weighted by Crippen LogP contribution is 2.31. The average Bonchev–Trinajstić information content (AvgIpc) is 2.91. The summed E-state index contributed by atoms with van der Waals surface area (Å²) in [5, 5.41) is 10.1. The van der Waals surface area contributed by atoms with Crippen molar-refractivity contribution in [2.75, 3.05) is 18.0 Å². The van der Waals surface area contributed by atoms with E-state index in [1.165, 1.54) is 12.8 Å². The van der Waals surface area contributed by atoms with Gasteiger partial charge in [0.05, 0.1) is 11.1 Å². The van der Waals surface area contributed by atoms with Crippen LogP contribution in [0.5, 0.6) is 0 Å². The van der Waals surface area contributed by atoms with Crippen molar-refractivity contribution in [3.63, 3.8) is 0 Å². The number of carboxylic acids is 1. The van der Waals surface area contributed by atoms with Crippen molar-refractivity contribution < 1.29 is 9.90 Å². The Bertz CT molecular complexity index is 694. The zero-order chi connectivity index (χ0) is 14.3. The third-order valence-corrected chi connectivity index (χ3v) is 4.36. The zero-order valence-electron chi connectivity index (χ0n) is 11.2. The topological polar surface area (TPSA) is 53.4 Å². The van der Waals surface area contributed by atoms with Crippen LogP contribution >= 0.6 is 15.9 Å². The summed E-state index contributed by atoms with van der Waals surface area (Å²) in [5.74, 6) is 0.0200. The second-order valence-corrected chi connectivity index (χ2v) is 5.97. The number of fused-ring (bicyclic) bond motifs is 1. The van der Waals surface area contributed by atoms with Crippen LogP contribution in [0.1, 0.15) is 28.8 Å². The summed E-state index contributed by atoms with van der Waals surface area (Å²) in [6.07, 6.45) is 2.38. The molecule has 0 bridgehead atoms. The van der Waals surface area contributed by atoms with E-state index in [9.17, 15) is 9.90 Å². The van der Waals surface area contributed by atoms with Crippen LogP contribution in [0.4, 0.5) is 5.82 Å². The number of anilines is 1. The fraction of sp³-hybridized carbons (Fsp3) is 0.333. The number of halogens is 1. The van der Waals surface area contributed by atoms with Gasteiger partial charge in [-0.3, -0.25) is 0 Å². The van der Waals surface area contributed by atoms with Gasteiger partial charge in [0, 0.05) is 22.9 Å². The lowest BCUT2D eigenvalue weighted by atomic mass is 10.0. The molecule has 1 saturated heterocycles. The standard InChI is InChI=1S/C15H15BrN2O2/c1-9-8-11(16)14-10(13(9)15(19)20)4-5-12(17-14)18-6-2-3-7-18/h4-5,8H,2-3,6-7H2,1H3,(H,19,20). The van der Waals surface area contributed by atoms with Crippen molar-refractivity contribution in [1.29, 1.82) is 0 Å². The Hall–Kier alpha value is -1.62. The summed E-state index contributed by atoms with van der Waals surface area (Å²) in [7, 11) is 0. The normalized spacial score (nSPS) is 15.0.